The molecule has 0 saturated heterocycles. The van der Waals surface area contributed by atoms with Crippen molar-refractivity contribution in [3.05, 3.63) is 95.9 Å². The highest BCUT2D eigenvalue weighted by atomic mass is 19.1. The maximum Gasteiger partial charge on any atom is 0.419 e. The summed E-state index contributed by atoms with van der Waals surface area (Å²) >= 11 is 0. The van der Waals surface area contributed by atoms with Crippen LogP contribution in [-0.4, -0.2) is 23.6 Å². The molecule has 1 heterocycles. The SMILES string of the molecule is CN(C(=O)C1CC1)c1ccc(OCc2cc3ccc(F)cc3n2C(=O)OCc2ccccc2)cc1. The van der Waals surface area contributed by atoms with Crippen molar-refractivity contribution in [1.29, 1.82) is 0 Å². The smallest absolute Gasteiger partial charge is 0.419 e. The third-order valence-corrected chi connectivity index (χ3v) is 6.10. The summed E-state index contributed by atoms with van der Waals surface area (Å²) in [4.78, 5) is 26.9. The Morgan fingerprint density at radius 2 is 1.71 bits per heavy atom. The van der Waals surface area contributed by atoms with E-state index in [1.54, 1.807) is 36.2 Å². The largest absolute Gasteiger partial charge is 0.487 e. The van der Waals surface area contributed by atoms with Gasteiger partial charge in [0.25, 0.3) is 0 Å². The summed E-state index contributed by atoms with van der Waals surface area (Å²) in [7, 11) is 1.77. The first kappa shape index (κ1) is 22.7. The van der Waals surface area contributed by atoms with Gasteiger partial charge in [0, 0.05) is 24.0 Å². The monoisotopic (exact) mass is 472 g/mol. The van der Waals surface area contributed by atoms with Gasteiger partial charge in [0.2, 0.25) is 5.91 Å². The molecule has 1 amide bonds. The molecule has 0 spiro atoms. The lowest BCUT2D eigenvalue weighted by molar-refractivity contribution is -0.119. The second kappa shape index (κ2) is 9.62. The molecule has 0 aliphatic heterocycles. The summed E-state index contributed by atoms with van der Waals surface area (Å²) in [6.07, 6.45) is 1.30. The number of amides is 1. The van der Waals surface area contributed by atoms with Crippen LogP contribution in [0.5, 0.6) is 5.75 Å². The van der Waals surface area contributed by atoms with Gasteiger partial charge in [0.1, 0.15) is 24.8 Å². The first-order valence-electron chi connectivity index (χ1n) is 11.5. The van der Waals surface area contributed by atoms with E-state index in [1.165, 1.54) is 16.7 Å². The van der Waals surface area contributed by atoms with Gasteiger partial charge in [-0.15, -0.1) is 0 Å². The van der Waals surface area contributed by atoms with Gasteiger partial charge in [-0.1, -0.05) is 30.3 Å². The molecule has 178 valence electrons. The summed E-state index contributed by atoms with van der Waals surface area (Å²) in [5, 5.41) is 0.706. The molecular weight excluding hydrogens is 447 g/mol. The summed E-state index contributed by atoms with van der Waals surface area (Å²) in [6, 6.07) is 22.6. The van der Waals surface area contributed by atoms with Crippen LogP contribution in [0.15, 0.2) is 78.9 Å². The number of nitrogens with zero attached hydrogens (tertiary/aromatic N) is 2. The number of ether oxygens (including phenoxy) is 2. The normalized spacial score (nSPS) is 13.0. The Labute approximate surface area is 202 Å². The number of aromatic nitrogens is 1. The predicted molar refractivity (Wildman–Crippen MR) is 131 cm³/mol. The molecule has 1 aliphatic carbocycles. The van der Waals surface area contributed by atoms with E-state index in [9.17, 15) is 14.0 Å². The van der Waals surface area contributed by atoms with E-state index < -0.39 is 11.9 Å². The second-order valence-corrected chi connectivity index (χ2v) is 8.67. The van der Waals surface area contributed by atoms with Gasteiger partial charge in [-0.05, 0) is 66.9 Å². The third kappa shape index (κ3) is 5.04. The Morgan fingerprint density at radius 3 is 2.43 bits per heavy atom. The van der Waals surface area contributed by atoms with Crippen molar-refractivity contribution in [1.82, 2.24) is 4.57 Å². The molecule has 1 aromatic heterocycles. The summed E-state index contributed by atoms with van der Waals surface area (Å²) in [6.45, 7) is 0.177. The summed E-state index contributed by atoms with van der Waals surface area (Å²) in [5.41, 5.74) is 2.60. The zero-order valence-corrected chi connectivity index (χ0v) is 19.3. The topological polar surface area (TPSA) is 60.8 Å². The summed E-state index contributed by atoms with van der Waals surface area (Å²) in [5.74, 6) is 0.413. The molecule has 0 radical (unpaired) electrons. The first-order chi connectivity index (χ1) is 17.0. The van der Waals surface area contributed by atoms with Crippen LogP contribution >= 0.6 is 0 Å². The van der Waals surface area contributed by atoms with Gasteiger partial charge in [0.15, 0.2) is 0 Å². The molecule has 0 atom stereocenters. The number of fused-ring (bicyclic) bond motifs is 1. The van der Waals surface area contributed by atoms with Crippen LogP contribution in [0.1, 0.15) is 24.1 Å². The number of carbonyl (C=O) groups excluding carboxylic acids is 2. The van der Waals surface area contributed by atoms with Gasteiger partial charge in [-0.3, -0.25) is 4.79 Å². The number of benzene rings is 3. The molecule has 0 unspecified atom stereocenters. The van der Waals surface area contributed by atoms with Crippen molar-refractivity contribution in [3.8, 4) is 5.75 Å². The van der Waals surface area contributed by atoms with Crippen molar-refractivity contribution in [2.45, 2.75) is 26.1 Å². The van der Waals surface area contributed by atoms with Crippen molar-refractivity contribution >= 4 is 28.6 Å². The Bertz CT molecular complexity index is 1360. The maximum absolute atomic E-state index is 14.0. The van der Waals surface area contributed by atoms with Crippen molar-refractivity contribution < 1.29 is 23.5 Å². The van der Waals surface area contributed by atoms with Crippen molar-refractivity contribution in [2.75, 3.05) is 11.9 Å². The van der Waals surface area contributed by atoms with Gasteiger partial charge in [0.05, 0.1) is 11.2 Å². The highest BCUT2D eigenvalue weighted by Crippen LogP contribution is 2.32. The van der Waals surface area contributed by atoms with Gasteiger partial charge >= 0.3 is 6.09 Å². The highest BCUT2D eigenvalue weighted by Gasteiger charge is 2.32. The van der Waals surface area contributed by atoms with Crippen LogP contribution in [0.3, 0.4) is 0 Å². The maximum atomic E-state index is 14.0. The lowest BCUT2D eigenvalue weighted by Gasteiger charge is -2.17. The minimum absolute atomic E-state index is 0.0763. The van der Waals surface area contributed by atoms with E-state index in [0.717, 1.165) is 24.1 Å². The highest BCUT2D eigenvalue weighted by molar-refractivity contribution is 5.96. The molecule has 7 heteroatoms. The average molecular weight is 473 g/mol. The molecule has 1 fully saturated rings. The van der Waals surface area contributed by atoms with E-state index in [0.29, 0.717) is 22.3 Å². The molecule has 6 nitrogen and oxygen atoms in total. The van der Waals surface area contributed by atoms with Crippen molar-refractivity contribution in [3.63, 3.8) is 0 Å². The molecule has 0 N–H and O–H groups in total. The fourth-order valence-electron chi connectivity index (χ4n) is 3.99. The zero-order valence-electron chi connectivity index (χ0n) is 19.3. The quantitative estimate of drug-likeness (QED) is 0.335. The van der Waals surface area contributed by atoms with Crippen LogP contribution in [0, 0.1) is 11.7 Å². The fraction of sp³-hybridized carbons (Fsp3) is 0.214. The predicted octanol–water partition coefficient (Wildman–Crippen LogP) is 5.92. The average Bonchev–Trinajstić information content (AvgIpc) is 3.67. The van der Waals surface area contributed by atoms with E-state index in [2.05, 4.69) is 0 Å². The molecule has 1 saturated carbocycles. The number of carbonyl (C=O) groups is 2. The Balaban J connectivity index is 1.33. The zero-order chi connectivity index (χ0) is 24.4. The van der Waals surface area contributed by atoms with Gasteiger partial charge in [-0.25, -0.2) is 13.8 Å². The van der Waals surface area contributed by atoms with Crippen LogP contribution in [0.4, 0.5) is 14.9 Å². The van der Waals surface area contributed by atoms with Crippen LogP contribution in [-0.2, 0) is 22.7 Å². The molecule has 3 aromatic carbocycles. The minimum Gasteiger partial charge on any atom is -0.487 e. The summed E-state index contributed by atoms with van der Waals surface area (Å²) < 4.78 is 26.8. The number of hydrogen-bond acceptors (Lipinski definition) is 4. The molecule has 5 rings (SSSR count). The van der Waals surface area contributed by atoms with Crippen LogP contribution < -0.4 is 9.64 Å². The Hall–Kier alpha value is -4.13. The van der Waals surface area contributed by atoms with Crippen LogP contribution in [0.25, 0.3) is 10.9 Å². The fourth-order valence-corrected chi connectivity index (χ4v) is 3.99. The second-order valence-electron chi connectivity index (χ2n) is 8.67. The Morgan fingerprint density at radius 1 is 0.971 bits per heavy atom. The number of anilines is 1. The minimum atomic E-state index is -0.608. The van der Waals surface area contributed by atoms with Gasteiger partial charge < -0.3 is 14.4 Å². The molecule has 1 aliphatic rings. The van der Waals surface area contributed by atoms with Crippen LogP contribution in [0.2, 0.25) is 0 Å². The van der Waals surface area contributed by atoms with E-state index in [-0.39, 0.29) is 25.0 Å². The number of hydrogen-bond donors (Lipinski definition) is 0. The standard InChI is InChI=1S/C28H25FN2O4/c1-30(27(32)20-7-8-20)23-11-13-25(14-12-23)34-18-24-15-21-9-10-22(29)16-26(21)31(24)28(33)35-17-19-5-3-2-4-6-19/h2-6,9-16,20H,7-8,17-18H2,1H3. The first-order valence-corrected chi connectivity index (χ1v) is 11.5. The molecule has 35 heavy (non-hydrogen) atoms. The molecule has 4 aromatic rings. The number of rotatable bonds is 7. The Kier molecular flexibility index (Phi) is 6.23. The number of halogens is 1. The van der Waals surface area contributed by atoms with E-state index >= 15 is 0 Å². The lowest BCUT2D eigenvalue weighted by atomic mass is 10.2. The van der Waals surface area contributed by atoms with E-state index in [1.807, 2.05) is 42.5 Å². The van der Waals surface area contributed by atoms with E-state index in [4.69, 9.17) is 9.47 Å². The lowest BCUT2D eigenvalue weighted by Crippen LogP contribution is -2.27. The molecular formula is C28H25FN2O4. The van der Waals surface area contributed by atoms with Gasteiger partial charge in [-0.2, -0.15) is 0 Å². The van der Waals surface area contributed by atoms with Crippen molar-refractivity contribution in [2.24, 2.45) is 5.92 Å². The third-order valence-electron chi connectivity index (χ3n) is 6.10. The molecule has 0 bridgehead atoms.